The van der Waals surface area contributed by atoms with Gasteiger partial charge in [-0.3, -0.25) is 4.72 Å². The van der Waals surface area contributed by atoms with E-state index in [9.17, 15) is 17.2 Å². The molecule has 2 rings (SSSR count). The van der Waals surface area contributed by atoms with E-state index >= 15 is 0 Å². The monoisotopic (exact) mass is 332 g/mol. The molecule has 0 aliphatic heterocycles. The Hall–Kier alpha value is -1.86. The normalized spacial score (nSPS) is 11.4. The lowest BCUT2D eigenvalue weighted by atomic mass is 10.2. The molecule has 0 aromatic heterocycles. The molecule has 0 amide bonds. The van der Waals surface area contributed by atoms with Crippen molar-refractivity contribution in [1.82, 2.24) is 0 Å². The van der Waals surface area contributed by atoms with Crippen molar-refractivity contribution in [3.05, 3.63) is 52.6 Å². The predicted molar refractivity (Wildman–Crippen MR) is 77.8 cm³/mol. The number of aryl methyl sites for hydroxylation is 1. The van der Waals surface area contributed by atoms with E-state index < -0.39 is 26.6 Å². The Morgan fingerprint density at radius 2 is 1.81 bits per heavy atom. The van der Waals surface area contributed by atoms with E-state index in [0.29, 0.717) is 0 Å². The highest BCUT2D eigenvalue weighted by atomic mass is 35.5. The molecule has 2 aromatic rings. The SMILES string of the molecule is Cc1cc(N)cc(S(=O)(=O)Nc2cc(F)cc(Cl)c2)c1F. The molecule has 0 saturated carbocycles. The summed E-state index contributed by atoms with van der Waals surface area (Å²) >= 11 is 5.64. The van der Waals surface area contributed by atoms with Gasteiger partial charge in [-0.25, -0.2) is 17.2 Å². The first-order valence-electron chi connectivity index (χ1n) is 5.73. The van der Waals surface area contributed by atoms with Gasteiger partial charge in [0.05, 0.1) is 5.69 Å². The first kappa shape index (κ1) is 15.5. The number of anilines is 2. The molecule has 112 valence electrons. The highest BCUT2D eigenvalue weighted by Gasteiger charge is 2.21. The largest absolute Gasteiger partial charge is 0.399 e. The highest BCUT2D eigenvalue weighted by molar-refractivity contribution is 7.92. The van der Waals surface area contributed by atoms with E-state index in [1.54, 1.807) is 0 Å². The molecule has 0 aliphatic carbocycles. The molecule has 0 fully saturated rings. The second kappa shape index (κ2) is 5.50. The maximum atomic E-state index is 14.0. The molecule has 2 aromatic carbocycles. The van der Waals surface area contributed by atoms with Crippen LogP contribution >= 0.6 is 11.6 Å². The molecular formula is C13H11ClF2N2O2S. The van der Waals surface area contributed by atoms with Crippen LogP contribution in [0.15, 0.2) is 35.2 Å². The smallest absolute Gasteiger partial charge is 0.264 e. The Labute approximate surface area is 125 Å². The minimum Gasteiger partial charge on any atom is -0.399 e. The summed E-state index contributed by atoms with van der Waals surface area (Å²) in [6.45, 7) is 1.39. The summed E-state index contributed by atoms with van der Waals surface area (Å²) in [5, 5.41) is 0.0110. The summed E-state index contributed by atoms with van der Waals surface area (Å²) < 4.78 is 53.6. The Morgan fingerprint density at radius 1 is 1.14 bits per heavy atom. The molecule has 3 N–H and O–H groups in total. The van der Waals surface area contributed by atoms with Gasteiger partial charge in [-0.2, -0.15) is 0 Å². The van der Waals surface area contributed by atoms with Crippen LogP contribution in [0.5, 0.6) is 0 Å². The molecule has 0 heterocycles. The maximum Gasteiger partial charge on any atom is 0.264 e. The van der Waals surface area contributed by atoms with Gasteiger partial charge in [0.15, 0.2) is 0 Å². The van der Waals surface area contributed by atoms with E-state index in [4.69, 9.17) is 17.3 Å². The quantitative estimate of drug-likeness (QED) is 0.847. The van der Waals surface area contributed by atoms with Gasteiger partial charge in [0, 0.05) is 10.7 Å². The van der Waals surface area contributed by atoms with Crippen LogP contribution in [0.1, 0.15) is 5.56 Å². The topological polar surface area (TPSA) is 72.2 Å². The molecule has 0 spiro atoms. The maximum absolute atomic E-state index is 14.0. The highest BCUT2D eigenvalue weighted by Crippen LogP contribution is 2.25. The summed E-state index contributed by atoms with van der Waals surface area (Å²) in [7, 11) is -4.25. The van der Waals surface area contributed by atoms with Crippen molar-refractivity contribution in [2.45, 2.75) is 11.8 Å². The van der Waals surface area contributed by atoms with Gasteiger partial charge in [-0.1, -0.05) is 11.6 Å². The Balaban J connectivity index is 2.48. The Kier molecular flexibility index (Phi) is 4.06. The minimum atomic E-state index is -4.25. The van der Waals surface area contributed by atoms with Crippen LogP contribution in [-0.4, -0.2) is 8.42 Å². The summed E-state index contributed by atoms with van der Waals surface area (Å²) in [5.41, 5.74) is 5.61. The van der Waals surface area contributed by atoms with E-state index in [1.807, 2.05) is 0 Å². The molecule has 8 heteroatoms. The lowest BCUT2D eigenvalue weighted by Crippen LogP contribution is -2.15. The van der Waals surface area contributed by atoms with E-state index in [1.165, 1.54) is 19.1 Å². The summed E-state index contributed by atoms with van der Waals surface area (Å²) in [6, 6.07) is 5.46. The lowest BCUT2D eigenvalue weighted by Gasteiger charge is -2.11. The molecule has 4 nitrogen and oxygen atoms in total. The average molecular weight is 333 g/mol. The molecule has 21 heavy (non-hydrogen) atoms. The second-order valence-corrected chi connectivity index (χ2v) is 6.50. The molecule has 0 aliphatic rings. The van der Waals surface area contributed by atoms with Crippen molar-refractivity contribution in [2.75, 3.05) is 10.5 Å². The third kappa shape index (κ3) is 3.43. The molecule has 0 bridgehead atoms. The fraction of sp³-hybridized carbons (Fsp3) is 0.0769. The van der Waals surface area contributed by atoms with Crippen LogP contribution in [-0.2, 0) is 10.0 Å². The van der Waals surface area contributed by atoms with Crippen LogP contribution in [0.4, 0.5) is 20.2 Å². The first-order valence-corrected chi connectivity index (χ1v) is 7.60. The van der Waals surface area contributed by atoms with E-state index in [2.05, 4.69) is 4.72 Å². The Bertz CT molecular complexity index is 790. The average Bonchev–Trinajstić information content (AvgIpc) is 2.31. The summed E-state index contributed by atoms with van der Waals surface area (Å²) in [5.74, 6) is -1.64. The molecule has 0 atom stereocenters. The lowest BCUT2D eigenvalue weighted by molar-refractivity contribution is 0.565. The zero-order valence-corrected chi connectivity index (χ0v) is 12.4. The van der Waals surface area contributed by atoms with Crippen LogP contribution in [0.2, 0.25) is 5.02 Å². The third-order valence-electron chi connectivity index (χ3n) is 2.65. The van der Waals surface area contributed by atoms with Gasteiger partial charge >= 0.3 is 0 Å². The van der Waals surface area contributed by atoms with Gasteiger partial charge in [0.1, 0.15) is 16.5 Å². The van der Waals surface area contributed by atoms with Crippen molar-refractivity contribution in [2.24, 2.45) is 0 Å². The predicted octanol–water partition coefficient (Wildman–Crippen LogP) is 3.31. The number of sulfonamides is 1. The molecular weight excluding hydrogens is 322 g/mol. The van der Waals surface area contributed by atoms with Crippen LogP contribution in [0.25, 0.3) is 0 Å². The van der Waals surface area contributed by atoms with E-state index in [0.717, 1.165) is 18.2 Å². The molecule has 0 saturated heterocycles. The standard InChI is InChI=1S/C13H11ClF2N2O2S/c1-7-2-10(17)6-12(13(7)16)21(19,20)18-11-4-8(14)3-9(15)5-11/h2-6,18H,17H2,1H3. The van der Waals surface area contributed by atoms with Gasteiger partial charge < -0.3 is 5.73 Å². The van der Waals surface area contributed by atoms with Crippen molar-refractivity contribution >= 4 is 33.0 Å². The zero-order chi connectivity index (χ0) is 15.8. The number of nitrogens with two attached hydrogens (primary N) is 1. The van der Waals surface area contributed by atoms with Gasteiger partial charge in [-0.05, 0) is 42.8 Å². The zero-order valence-electron chi connectivity index (χ0n) is 10.8. The van der Waals surface area contributed by atoms with Crippen molar-refractivity contribution in [1.29, 1.82) is 0 Å². The van der Waals surface area contributed by atoms with Gasteiger partial charge in [0.25, 0.3) is 10.0 Å². The van der Waals surface area contributed by atoms with Crippen LogP contribution in [0, 0.1) is 18.6 Å². The van der Waals surface area contributed by atoms with Crippen molar-refractivity contribution in [3.63, 3.8) is 0 Å². The summed E-state index contributed by atoms with van der Waals surface area (Å²) in [6.07, 6.45) is 0. The summed E-state index contributed by atoms with van der Waals surface area (Å²) in [4.78, 5) is -0.611. The van der Waals surface area contributed by atoms with Crippen molar-refractivity contribution in [3.8, 4) is 0 Å². The fourth-order valence-corrected chi connectivity index (χ4v) is 3.23. The first-order chi connectivity index (χ1) is 9.69. The van der Waals surface area contributed by atoms with Gasteiger partial charge in [0.2, 0.25) is 0 Å². The second-order valence-electron chi connectivity index (χ2n) is 4.41. The number of rotatable bonds is 3. The number of benzene rings is 2. The molecule has 0 radical (unpaired) electrons. The third-order valence-corrected chi connectivity index (χ3v) is 4.25. The van der Waals surface area contributed by atoms with Crippen molar-refractivity contribution < 1.29 is 17.2 Å². The number of nitrogen functional groups attached to an aromatic ring is 1. The van der Waals surface area contributed by atoms with Crippen LogP contribution < -0.4 is 10.5 Å². The number of hydrogen-bond acceptors (Lipinski definition) is 3. The minimum absolute atomic E-state index is 0.0110. The fourth-order valence-electron chi connectivity index (χ4n) is 1.78. The number of halogens is 3. The van der Waals surface area contributed by atoms with E-state index in [-0.39, 0.29) is 22.0 Å². The van der Waals surface area contributed by atoms with Crippen LogP contribution in [0.3, 0.4) is 0 Å². The molecule has 0 unspecified atom stereocenters. The number of nitrogens with one attached hydrogen (secondary N) is 1. The van der Waals surface area contributed by atoms with Gasteiger partial charge in [-0.15, -0.1) is 0 Å². The Morgan fingerprint density at radius 3 is 2.43 bits per heavy atom. The number of hydrogen-bond donors (Lipinski definition) is 2.